The van der Waals surface area contributed by atoms with E-state index in [1.165, 1.54) is 33.5 Å². The Morgan fingerprint density at radius 2 is 1.89 bits per heavy atom. The van der Waals surface area contributed by atoms with Gasteiger partial charge in [0, 0.05) is 17.5 Å². The molecule has 10 heteroatoms. The van der Waals surface area contributed by atoms with Crippen LogP contribution in [0.5, 0.6) is 17.2 Å². The number of H-pyrrole nitrogens is 1. The minimum atomic E-state index is -0.545. The van der Waals surface area contributed by atoms with E-state index in [2.05, 4.69) is 10.4 Å². The summed E-state index contributed by atoms with van der Waals surface area (Å²) in [5.74, 6) is 0.0520. The van der Waals surface area contributed by atoms with Gasteiger partial charge >= 0.3 is 0 Å². The normalized spacial score (nSPS) is 15.1. The number of nitrogens with one attached hydrogen (secondary N) is 2. The molecule has 1 aromatic heterocycles. The maximum Gasteiger partial charge on any atom is 0.285 e. The molecule has 1 fully saturated rings. The SMILES string of the molecule is COc1cc(C(=O)NN2C(=O)/C(=C/c3ccc[nH]3)SC2=S)cc(OC)c1OC. The minimum Gasteiger partial charge on any atom is -0.493 e. The van der Waals surface area contributed by atoms with Crippen LogP contribution in [0, 0.1) is 0 Å². The molecule has 8 nitrogen and oxygen atoms in total. The molecule has 2 N–H and O–H groups in total. The highest BCUT2D eigenvalue weighted by atomic mass is 32.2. The van der Waals surface area contributed by atoms with Crippen LogP contribution in [0.3, 0.4) is 0 Å². The summed E-state index contributed by atoms with van der Waals surface area (Å²) in [6.07, 6.45) is 3.42. The van der Waals surface area contributed by atoms with Crippen molar-refractivity contribution in [3.63, 3.8) is 0 Å². The van der Waals surface area contributed by atoms with Crippen molar-refractivity contribution in [1.82, 2.24) is 15.4 Å². The molecule has 1 aliphatic heterocycles. The van der Waals surface area contributed by atoms with Crippen molar-refractivity contribution in [2.45, 2.75) is 0 Å². The van der Waals surface area contributed by atoms with E-state index in [1.54, 1.807) is 12.3 Å². The van der Waals surface area contributed by atoms with Crippen LogP contribution in [-0.4, -0.2) is 47.5 Å². The lowest BCUT2D eigenvalue weighted by atomic mass is 10.1. The number of carbonyl (C=O) groups excluding carboxylic acids is 2. The second kappa shape index (κ2) is 8.36. The van der Waals surface area contributed by atoms with E-state index < -0.39 is 11.8 Å². The van der Waals surface area contributed by atoms with Crippen molar-refractivity contribution >= 4 is 46.2 Å². The van der Waals surface area contributed by atoms with Gasteiger partial charge in [-0.05, 0) is 42.6 Å². The zero-order valence-electron chi connectivity index (χ0n) is 15.3. The Morgan fingerprint density at radius 1 is 1.21 bits per heavy atom. The number of aromatic amines is 1. The Balaban J connectivity index is 1.83. The highest BCUT2D eigenvalue weighted by molar-refractivity contribution is 8.26. The van der Waals surface area contributed by atoms with Crippen molar-refractivity contribution < 1.29 is 23.8 Å². The molecule has 0 radical (unpaired) electrons. The number of thioether (sulfide) groups is 1. The highest BCUT2D eigenvalue weighted by Crippen LogP contribution is 2.38. The van der Waals surface area contributed by atoms with Crippen LogP contribution in [-0.2, 0) is 4.79 Å². The van der Waals surface area contributed by atoms with Gasteiger partial charge in [-0.25, -0.2) is 0 Å². The number of amides is 2. The molecule has 2 heterocycles. The van der Waals surface area contributed by atoms with Gasteiger partial charge in [0.25, 0.3) is 11.8 Å². The van der Waals surface area contributed by atoms with Gasteiger partial charge in [0.1, 0.15) is 0 Å². The predicted molar refractivity (Wildman–Crippen MR) is 109 cm³/mol. The summed E-state index contributed by atoms with van der Waals surface area (Å²) in [7, 11) is 4.37. The molecule has 146 valence electrons. The summed E-state index contributed by atoms with van der Waals surface area (Å²) < 4.78 is 16.0. The number of ether oxygens (including phenoxy) is 3. The van der Waals surface area contributed by atoms with Gasteiger partial charge in [-0.1, -0.05) is 11.8 Å². The number of hydrazine groups is 1. The molecule has 1 saturated heterocycles. The number of benzene rings is 1. The van der Waals surface area contributed by atoms with Gasteiger partial charge in [-0.15, -0.1) is 0 Å². The average molecular weight is 419 g/mol. The molecular weight excluding hydrogens is 402 g/mol. The quantitative estimate of drug-likeness (QED) is 0.549. The van der Waals surface area contributed by atoms with E-state index in [1.807, 2.05) is 12.1 Å². The highest BCUT2D eigenvalue weighted by Gasteiger charge is 2.34. The summed E-state index contributed by atoms with van der Waals surface area (Å²) in [5.41, 5.74) is 3.50. The number of methoxy groups -OCH3 is 3. The lowest BCUT2D eigenvalue weighted by Gasteiger charge is -2.17. The summed E-state index contributed by atoms with van der Waals surface area (Å²) in [6, 6.07) is 6.62. The molecule has 2 amide bonds. The van der Waals surface area contributed by atoms with Gasteiger partial charge in [0.05, 0.1) is 26.2 Å². The van der Waals surface area contributed by atoms with Gasteiger partial charge in [-0.2, -0.15) is 5.01 Å². The fourth-order valence-electron chi connectivity index (χ4n) is 2.52. The van der Waals surface area contributed by atoms with Crippen LogP contribution in [0.2, 0.25) is 0 Å². The fourth-order valence-corrected chi connectivity index (χ4v) is 3.69. The fraction of sp³-hybridized carbons (Fsp3) is 0.167. The predicted octanol–water partition coefficient (Wildman–Crippen LogP) is 2.59. The first-order valence-corrected chi connectivity index (χ1v) is 9.23. The van der Waals surface area contributed by atoms with Crippen LogP contribution in [0.4, 0.5) is 0 Å². The summed E-state index contributed by atoms with van der Waals surface area (Å²) >= 11 is 6.33. The molecule has 0 atom stereocenters. The Hall–Kier alpha value is -2.98. The van der Waals surface area contributed by atoms with E-state index in [-0.39, 0.29) is 9.88 Å². The van der Waals surface area contributed by atoms with Gasteiger partial charge in [0.15, 0.2) is 15.8 Å². The third kappa shape index (κ3) is 3.82. The first-order chi connectivity index (χ1) is 13.5. The number of hydrogen-bond donors (Lipinski definition) is 2. The van der Waals surface area contributed by atoms with E-state index in [9.17, 15) is 9.59 Å². The van der Waals surface area contributed by atoms with Crippen LogP contribution in [0.1, 0.15) is 16.1 Å². The van der Waals surface area contributed by atoms with Crippen LogP contribution >= 0.6 is 24.0 Å². The topological polar surface area (TPSA) is 92.9 Å². The van der Waals surface area contributed by atoms with Crippen molar-refractivity contribution in [1.29, 1.82) is 0 Å². The number of thiocarbonyl (C=S) groups is 1. The molecule has 1 aromatic carbocycles. The number of rotatable bonds is 6. The van der Waals surface area contributed by atoms with Gasteiger partial charge in [-0.3, -0.25) is 15.0 Å². The molecule has 0 unspecified atom stereocenters. The number of aromatic nitrogens is 1. The van der Waals surface area contributed by atoms with E-state index in [0.717, 1.165) is 22.5 Å². The largest absolute Gasteiger partial charge is 0.493 e. The smallest absolute Gasteiger partial charge is 0.285 e. The van der Waals surface area contributed by atoms with Crippen molar-refractivity contribution in [3.05, 3.63) is 46.6 Å². The van der Waals surface area contributed by atoms with E-state index in [0.29, 0.717) is 22.2 Å². The number of carbonyl (C=O) groups is 2. The molecule has 0 saturated carbocycles. The van der Waals surface area contributed by atoms with Crippen LogP contribution < -0.4 is 19.6 Å². The Kier molecular flexibility index (Phi) is 5.90. The molecule has 0 spiro atoms. The number of nitrogens with zero attached hydrogens (tertiary/aromatic N) is 1. The zero-order chi connectivity index (χ0) is 20.3. The molecular formula is C18H17N3O5S2. The lowest BCUT2D eigenvalue weighted by molar-refractivity contribution is -0.123. The molecule has 28 heavy (non-hydrogen) atoms. The van der Waals surface area contributed by atoms with Crippen molar-refractivity contribution in [3.8, 4) is 17.2 Å². The first kappa shape index (κ1) is 19.8. The van der Waals surface area contributed by atoms with Gasteiger partial charge in [0.2, 0.25) is 5.75 Å². The van der Waals surface area contributed by atoms with Crippen LogP contribution in [0.15, 0.2) is 35.4 Å². The van der Waals surface area contributed by atoms with Gasteiger partial charge < -0.3 is 19.2 Å². The molecule has 0 aliphatic carbocycles. The Morgan fingerprint density at radius 3 is 2.43 bits per heavy atom. The summed E-state index contributed by atoms with van der Waals surface area (Å²) in [6.45, 7) is 0. The molecule has 2 aromatic rings. The average Bonchev–Trinajstić information content (AvgIpc) is 3.30. The molecule has 0 bridgehead atoms. The summed E-state index contributed by atoms with van der Waals surface area (Å²) in [5, 5.41) is 1.04. The second-order valence-electron chi connectivity index (χ2n) is 5.50. The lowest BCUT2D eigenvalue weighted by Crippen LogP contribution is -2.44. The van der Waals surface area contributed by atoms with E-state index >= 15 is 0 Å². The second-order valence-corrected chi connectivity index (χ2v) is 7.17. The molecule has 1 aliphatic rings. The zero-order valence-corrected chi connectivity index (χ0v) is 16.9. The third-order valence-electron chi connectivity index (χ3n) is 3.84. The first-order valence-electron chi connectivity index (χ1n) is 8.00. The Labute approximate surface area is 170 Å². The maximum atomic E-state index is 12.7. The summed E-state index contributed by atoms with van der Waals surface area (Å²) in [4.78, 5) is 28.7. The molecule has 3 rings (SSSR count). The monoisotopic (exact) mass is 419 g/mol. The Bertz CT molecular complexity index is 931. The van der Waals surface area contributed by atoms with E-state index in [4.69, 9.17) is 26.4 Å². The van der Waals surface area contributed by atoms with Crippen LogP contribution in [0.25, 0.3) is 6.08 Å². The maximum absolute atomic E-state index is 12.7. The van der Waals surface area contributed by atoms with Crippen molar-refractivity contribution in [2.24, 2.45) is 0 Å². The van der Waals surface area contributed by atoms with Crippen molar-refractivity contribution in [2.75, 3.05) is 21.3 Å². The number of hydrogen-bond acceptors (Lipinski definition) is 7. The third-order valence-corrected chi connectivity index (χ3v) is 5.14. The minimum absolute atomic E-state index is 0.219. The standard InChI is InChI=1S/C18H17N3O5S2/c1-24-12-7-10(8-13(25-2)15(12)26-3)16(22)20-21-17(23)14(28-18(21)27)9-11-5-4-6-19-11/h4-9,19H,1-3H3,(H,20,22)/b14-9-.